The summed E-state index contributed by atoms with van der Waals surface area (Å²) in [4.78, 5) is 13.8. The van der Waals surface area contributed by atoms with Crippen LogP contribution in [0.3, 0.4) is 0 Å². The quantitative estimate of drug-likeness (QED) is 0.720. The van der Waals surface area contributed by atoms with Crippen LogP contribution in [0.1, 0.15) is 46.0 Å². The molecule has 1 fully saturated rings. The number of carbonyl (C=O) groups excluding carboxylic acids is 1. The highest BCUT2D eigenvalue weighted by molar-refractivity contribution is 5.76. The minimum absolute atomic E-state index is 0.00997. The molecule has 2 unspecified atom stereocenters. The van der Waals surface area contributed by atoms with Gasteiger partial charge in [0, 0.05) is 19.5 Å². The lowest BCUT2D eigenvalue weighted by molar-refractivity contribution is -0.147. The summed E-state index contributed by atoms with van der Waals surface area (Å²) in [5.41, 5.74) is 0. The molecule has 1 aliphatic heterocycles. The van der Waals surface area contributed by atoms with Gasteiger partial charge >= 0.3 is 0 Å². The van der Waals surface area contributed by atoms with Gasteiger partial charge in [-0.05, 0) is 13.3 Å². The van der Waals surface area contributed by atoms with Crippen molar-refractivity contribution in [2.75, 3.05) is 19.7 Å². The molecule has 2 atom stereocenters. The van der Waals surface area contributed by atoms with Gasteiger partial charge in [0.15, 0.2) is 0 Å². The van der Waals surface area contributed by atoms with E-state index < -0.39 is 0 Å². The van der Waals surface area contributed by atoms with Crippen molar-refractivity contribution in [2.24, 2.45) is 0 Å². The molecule has 1 heterocycles. The molecule has 0 aliphatic carbocycles. The molecule has 1 N–H and O–H groups in total. The first kappa shape index (κ1) is 14.5. The van der Waals surface area contributed by atoms with E-state index in [0.717, 1.165) is 12.8 Å². The molecule has 0 radical (unpaired) electrons. The molecule has 1 rings (SSSR count). The van der Waals surface area contributed by atoms with E-state index in [-0.39, 0.29) is 24.7 Å². The Morgan fingerprint density at radius 1 is 1.35 bits per heavy atom. The normalized spacial score (nSPS) is 25.0. The molecule has 0 aromatic heterocycles. The molecule has 17 heavy (non-hydrogen) atoms. The first-order chi connectivity index (χ1) is 8.17. The van der Waals surface area contributed by atoms with Gasteiger partial charge in [-0.25, -0.2) is 0 Å². The maximum atomic E-state index is 12.0. The van der Waals surface area contributed by atoms with Gasteiger partial charge in [-0.15, -0.1) is 0 Å². The van der Waals surface area contributed by atoms with Crippen LogP contribution in [0.4, 0.5) is 0 Å². The van der Waals surface area contributed by atoms with Crippen molar-refractivity contribution in [1.82, 2.24) is 4.90 Å². The monoisotopic (exact) mass is 243 g/mol. The number of hydrogen-bond donors (Lipinski definition) is 1. The molecular formula is C13H25NO3. The molecule has 100 valence electrons. The number of rotatable bonds is 6. The van der Waals surface area contributed by atoms with E-state index in [1.807, 2.05) is 11.8 Å². The zero-order valence-corrected chi connectivity index (χ0v) is 11.0. The second-order valence-corrected chi connectivity index (χ2v) is 4.86. The highest BCUT2D eigenvalue weighted by atomic mass is 16.5. The van der Waals surface area contributed by atoms with Gasteiger partial charge in [-0.1, -0.05) is 26.2 Å². The summed E-state index contributed by atoms with van der Waals surface area (Å²) in [6.07, 6.45) is 4.94. The summed E-state index contributed by atoms with van der Waals surface area (Å²) in [5, 5.41) is 9.09. The van der Waals surface area contributed by atoms with Gasteiger partial charge < -0.3 is 14.7 Å². The van der Waals surface area contributed by atoms with E-state index in [4.69, 9.17) is 9.84 Å². The minimum Gasteiger partial charge on any atom is -0.394 e. The summed E-state index contributed by atoms with van der Waals surface area (Å²) in [6.45, 7) is 5.29. The lowest BCUT2D eigenvalue weighted by Crippen LogP contribution is -2.50. The largest absolute Gasteiger partial charge is 0.394 e. The van der Waals surface area contributed by atoms with Crippen LogP contribution in [0.15, 0.2) is 0 Å². The molecule has 1 saturated heterocycles. The number of unbranched alkanes of at least 4 members (excludes halogenated alkanes) is 3. The Balaban J connectivity index is 2.29. The molecule has 0 spiro atoms. The van der Waals surface area contributed by atoms with Crippen LogP contribution in [0.25, 0.3) is 0 Å². The van der Waals surface area contributed by atoms with Crippen molar-refractivity contribution in [3.05, 3.63) is 0 Å². The molecule has 0 aromatic rings. The van der Waals surface area contributed by atoms with Crippen LogP contribution in [-0.2, 0) is 9.53 Å². The van der Waals surface area contributed by atoms with Crippen molar-refractivity contribution in [1.29, 1.82) is 0 Å². The third-order valence-corrected chi connectivity index (χ3v) is 3.13. The van der Waals surface area contributed by atoms with E-state index >= 15 is 0 Å². The Morgan fingerprint density at radius 2 is 2.12 bits per heavy atom. The molecule has 1 amide bonds. The Morgan fingerprint density at radius 3 is 2.76 bits per heavy atom. The lowest BCUT2D eigenvalue weighted by atomic mass is 10.1. The van der Waals surface area contributed by atoms with Crippen molar-refractivity contribution >= 4 is 5.91 Å². The zero-order valence-electron chi connectivity index (χ0n) is 11.0. The fraction of sp³-hybridized carbons (Fsp3) is 0.923. The second kappa shape index (κ2) is 7.67. The molecule has 4 heteroatoms. The van der Waals surface area contributed by atoms with E-state index in [9.17, 15) is 4.79 Å². The Labute approximate surface area is 104 Å². The SMILES string of the molecule is CCCCCCC(=O)N1CC(C)OC(CO)C1. The van der Waals surface area contributed by atoms with Crippen molar-refractivity contribution in [3.63, 3.8) is 0 Å². The topological polar surface area (TPSA) is 49.8 Å². The van der Waals surface area contributed by atoms with Crippen LogP contribution in [0.2, 0.25) is 0 Å². The molecule has 4 nitrogen and oxygen atoms in total. The van der Waals surface area contributed by atoms with E-state index in [2.05, 4.69) is 6.92 Å². The number of ether oxygens (including phenoxy) is 1. The van der Waals surface area contributed by atoms with E-state index in [0.29, 0.717) is 19.5 Å². The van der Waals surface area contributed by atoms with Crippen LogP contribution < -0.4 is 0 Å². The summed E-state index contributed by atoms with van der Waals surface area (Å²) in [5.74, 6) is 0.203. The maximum Gasteiger partial charge on any atom is 0.222 e. The van der Waals surface area contributed by atoms with Gasteiger partial charge in [-0.2, -0.15) is 0 Å². The average molecular weight is 243 g/mol. The highest BCUT2D eigenvalue weighted by Crippen LogP contribution is 2.13. The number of morpholine rings is 1. The van der Waals surface area contributed by atoms with Crippen molar-refractivity contribution < 1.29 is 14.6 Å². The van der Waals surface area contributed by atoms with Crippen LogP contribution >= 0.6 is 0 Å². The van der Waals surface area contributed by atoms with Gasteiger partial charge in [-0.3, -0.25) is 4.79 Å². The number of amides is 1. The molecule has 1 aliphatic rings. The first-order valence-corrected chi connectivity index (χ1v) is 6.71. The number of carbonyl (C=O) groups is 1. The molecule has 0 saturated carbocycles. The van der Waals surface area contributed by atoms with Crippen molar-refractivity contribution in [2.45, 2.75) is 58.2 Å². The summed E-state index contributed by atoms with van der Waals surface area (Å²) >= 11 is 0. The zero-order chi connectivity index (χ0) is 12.7. The molecular weight excluding hydrogens is 218 g/mol. The fourth-order valence-corrected chi connectivity index (χ4v) is 2.21. The van der Waals surface area contributed by atoms with Crippen LogP contribution in [0, 0.1) is 0 Å². The summed E-state index contributed by atoms with van der Waals surface area (Å²) in [6, 6.07) is 0. The smallest absolute Gasteiger partial charge is 0.222 e. The second-order valence-electron chi connectivity index (χ2n) is 4.86. The van der Waals surface area contributed by atoms with Gasteiger partial charge in [0.2, 0.25) is 5.91 Å². The lowest BCUT2D eigenvalue weighted by Gasteiger charge is -2.36. The number of nitrogens with zero attached hydrogens (tertiary/aromatic N) is 1. The van der Waals surface area contributed by atoms with Crippen LogP contribution in [-0.4, -0.2) is 47.8 Å². The Hall–Kier alpha value is -0.610. The first-order valence-electron chi connectivity index (χ1n) is 6.71. The third kappa shape index (κ3) is 5.04. The molecule has 0 bridgehead atoms. The van der Waals surface area contributed by atoms with E-state index in [1.165, 1.54) is 12.8 Å². The highest BCUT2D eigenvalue weighted by Gasteiger charge is 2.27. The van der Waals surface area contributed by atoms with Crippen molar-refractivity contribution in [3.8, 4) is 0 Å². The summed E-state index contributed by atoms with van der Waals surface area (Å²) in [7, 11) is 0. The summed E-state index contributed by atoms with van der Waals surface area (Å²) < 4.78 is 5.51. The third-order valence-electron chi connectivity index (χ3n) is 3.13. The number of aliphatic hydroxyl groups excluding tert-OH is 1. The predicted octanol–water partition coefficient (Wildman–Crippen LogP) is 1.56. The average Bonchev–Trinajstić information content (AvgIpc) is 2.33. The standard InChI is InChI=1S/C13H25NO3/c1-3-4-5-6-7-13(16)14-8-11(2)17-12(9-14)10-15/h11-12,15H,3-10H2,1-2H3. The fourth-order valence-electron chi connectivity index (χ4n) is 2.21. The van der Waals surface area contributed by atoms with Gasteiger partial charge in [0.1, 0.15) is 0 Å². The number of aliphatic hydroxyl groups is 1. The maximum absolute atomic E-state index is 12.0. The Bertz CT molecular complexity index is 233. The number of hydrogen-bond acceptors (Lipinski definition) is 3. The predicted molar refractivity (Wildman–Crippen MR) is 66.8 cm³/mol. The van der Waals surface area contributed by atoms with Crippen LogP contribution in [0.5, 0.6) is 0 Å². The Kier molecular flexibility index (Phi) is 6.52. The van der Waals surface area contributed by atoms with E-state index in [1.54, 1.807) is 0 Å². The minimum atomic E-state index is -0.210. The van der Waals surface area contributed by atoms with Gasteiger partial charge in [0.25, 0.3) is 0 Å². The molecule has 0 aromatic carbocycles. The van der Waals surface area contributed by atoms with Gasteiger partial charge in [0.05, 0.1) is 18.8 Å².